The average molecular weight is 379 g/mol. The molecule has 0 aliphatic carbocycles. The van der Waals surface area contributed by atoms with Crippen molar-refractivity contribution in [2.75, 3.05) is 13.1 Å². The van der Waals surface area contributed by atoms with Crippen LogP contribution in [0.3, 0.4) is 0 Å². The van der Waals surface area contributed by atoms with Crippen LogP contribution < -0.4 is 5.56 Å². The van der Waals surface area contributed by atoms with E-state index in [9.17, 15) is 22.8 Å². The number of ketones is 1. The van der Waals surface area contributed by atoms with Crippen molar-refractivity contribution in [2.24, 2.45) is 5.92 Å². The fraction of sp³-hybridized carbons (Fsp3) is 0.421. The topological polar surface area (TPSA) is 66.1 Å². The van der Waals surface area contributed by atoms with E-state index < -0.39 is 11.7 Å². The number of carbonyl (C=O) groups is 1. The van der Waals surface area contributed by atoms with Crippen molar-refractivity contribution in [3.63, 3.8) is 0 Å². The number of hydrogen-bond donors (Lipinski definition) is 1. The standard InChI is InChI=1S/C19H20F3N3O2/c20-19(21,22)15-4-2-1-3-14(15)11-17(26)13-5-9-25(10-6-13)12-16-18(27)24-8-7-23-16/h1-4,7-8,13H,5-6,9-12H2,(H,24,27). The summed E-state index contributed by atoms with van der Waals surface area (Å²) in [7, 11) is 0. The molecule has 0 unspecified atom stereocenters. The Morgan fingerprint density at radius 1 is 1.22 bits per heavy atom. The molecule has 27 heavy (non-hydrogen) atoms. The van der Waals surface area contributed by atoms with Crippen LogP contribution >= 0.6 is 0 Å². The van der Waals surface area contributed by atoms with Crippen LogP contribution in [-0.4, -0.2) is 33.7 Å². The van der Waals surface area contributed by atoms with E-state index in [4.69, 9.17) is 0 Å². The van der Waals surface area contributed by atoms with Crippen LogP contribution in [0, 0.1) is 5.92 Å². The number of likely N-dealkylation sites (tertiary alicyclic amines) is 1. The van der Waals surface area contributed by atoms with Crippen LogP contribution in [0.25, 0.3) is 0 Å². The van der Waals surface area contributed by atoms with Crippen molar-refractivity contribution in [2.45, 2.75) is 32.0 Å². The van der Waals surface area contributed by atoms with E-state index in [1.807, 2.05) is 4.90 Å². The van der Waals surface area contributed by atoms with Crippen LogP contribution in [0.15, 0.2) is 41.5 Å². The number of H-pyrrole nitrogens is 1. The van der Waals surface area contributed by atoms with Crippen LogP contribution in [0.1, 0.15) is 29.7 Å². The van der Waals surface area contributed by atoms with Crippen molar-refractivity contribution in [3.05, 3.63) is 63.8 Å². The number of aromatic nitrogens is 2. The molecular weight excluding hydrogens is 359 g/mol. The van der Waals surface area contributed by atoms with Crippen LogP contribution in [-0.2, 0) is 23.9 Å². The van der Waals surface area contributed by atoms with Gasteiger partial charge >= 0.3 is 6.18 Å². The predicted octanol–water partition coefficient (Wildman–Crippen LogP) is 2.81. The Morgan fingerprint density at radius 2 is 1.93 bits per heavy atom. The molecule has 144 valence electrons. The highest BCUT2D eigenvalue weighted by molar-refractivity contribution is 5.83. The first-order valence-corrected chi connectivity index (χ1v) is 8.77. The summed E-state index contributed by atoms with van der Waals surface area (Å²) in [4.78, 5) is 32.9. The summed E-state index contributed by atoms with van der Waals surface area (Å²) in [5, 5.41) is 0. The Kier molecular flexibility index (Phi) is 5.74. The zero-order chi connectivity index (χ0) is 19.4. The van der Waals surface area contributed by atoms with Gasteiger partial charge in [-0.05, 0) is 37.6 Å². The summed E-state index contributed by atoms with van der Waals surface area (Å²) in [5.41, 5.74) is -0.538. The zero-order valence-corrected chi connectivity index (χ0v) is 14.6. The van der Waals surface area contributed by atoms with Gasteiger partial charge < -0.3 is 4.98 Å². The number of hydrogen-bond acceptors (Lipinski definition) is 4. The van der Waals surface area contributed by atoms with Crippen molar-refractivity contribution in [1.29, 1.82) is 0 Å². The van der Waals surface area contributed by atoms with E-state index in [1.165, 1.54) is 30.6 Å². The molecule has 3 rings (SSSR count). The SMILES string of the molecule is O=C(Cc1ccccc1C(F)(F)F)C1CCN(Cc2ncc[nH]c2=O)CC1. The fourth-order valence-electron chi connectivity index (χ4n) is 3.40. The number of nitrogens with one attached hydrogen (secondary N) is 1. The lowest BCUT2D eigenvalue weighted by atomic mass is 9.88. The third-order valence-corrected chi connectivity index (χ3v) is 4.89. The molecule has 1 fully saturated rings. The molecule has 1 aromatic heterocycles. The van der Waals surface area contributed by atoms with Crippen molar-refractivity contribution in [3.8, 4) is 0 Å². The number of aromatic amines is 1. The van der Waals surface area contributed by atoms with E-state index in [0.29, 0.717) is 38.2 Å². The molecule has 2 aromatic rings. The maximum Gasteiger partial charge on any atom is 0.416 e. The molecule has 2 heterocycles. The Labute approximate surface area is 154 Å². The second-order valence-corrected chi connectivity index (χ2v) is 6.71. The Bertz CT molecular complexity index is 856. The second kappa shape index (κ2) is 8.04. The molecule has 0 atom stereocenters. The molecule has 0 saturated carbocycles. The number of piperidine rings is 1. The fourth-order valence-corrected chi connectivity index (χ4v) is 3.40. The molecule has 1 aliphatic rings. The van der Waals surface area contributed by atoms with E-state index in [-0.39, 0.29) is 29.2 Å². The Balaban J connectivity index is 1.58. The normalized spacial score (nSPS) is 16.4. The number of halogens is 3. The van der Waals surface area contributed by atoms with Gasteiger partial charge in [0.2, 0.25) is 0 Å². The van der Waals surface area contributed by atoms with Gasteiger partial charge in [-0.3, -0.25) is 19.5 Å². The van der Waals surface area contributed by atoms with Gasteiger partial charge in [0, 0.05) is 31.3 Å². The minimum atomic E-state index is -4.46. The maximum atomic E-state index is 13.1. The van der Waals surface area contributed by atoms with Crippen molar-refractivity contribution < 1.29 is 18.0 Å². The molecular formula is C19H20F3N3O2. The van der Waals surface area contributed by atoms with Gasteiger partial charge in [-0.1, -0.05) is 18.2 Å². The van der Waals surface area contributed by atoms with Crippen molar-refractivity contribution in [1.82, 2.24) is 14.9 Å². The molecule has 1 N–H and O–H groups in total. The van der Waals surface area contributed by atoms with Crippen LogP contribution in [0.2, 0.25) is 0 Å². The summed E-state index contributed by atoms with van der Waals surface area (Å²) < 4.78 is 39.2. The van der Waals surface area contributed by atoms with Crippen LogP contribution in [0.5, 0.6) is 0 Å². The summed E-state index contributed by atoms with van der Waals surface area (Å²) in [5.74, 6) is -0.424. The minimum absolute atomic E-state index is 0.0254. The highest BCUT2D eigenvalue weighted by Crippen LogP contribution is 2.32. The summed E-state index contributed by atoms with van der Waals surface area (Å²) in [6.45, 7) is 1.61. The highest BCUT2D eigenvalue weighted by Gasteiger charge is 2.34. The number of Topliss-reactive ketones (excluding diaryl/α,β-unsaturated/α-hetero) is 1. The van der Waals surface area contributed by atoms with Gasteiger partial charge in [0.1, 0.15) is 11.5 Å². The van der Waals surface area contributed by atoms with E-state index in [2.05, 4.69) is 9.97 Å². The number of rotatable bonds is 5. The average Bonchev–Trinajstić information content (AvgIpc) is 2.64. The second-order valence-electron chi connectivity index (χ2n) is 6.71. The van der Waals surface area contributed by atoms with Gasteiger partial charge in [-0.2, -0.15) is 13.2 Å². The first kappa shape index (κ1) is 19.3. The van der Waals surface area contributed by atoms with E-state index >= 15 is 0 Å². The van der Waals surface area contributed by atoms with Gasteiger partial charge in [-0.25, -0.2) is 0 Å². The van der Waals surface area contributed by atoms with Gasteiger partial charge in [0.25, 0.3) is 5.56 Å². The molecule has 5 nitrogen and oxygen atoms in total. The first-order chi connectivity index (χ1) is 12.8. The largest absolute Gasteiger partial charge is 0.416 e. The predicted molar refractivity (Wildman–Crippen MR) is 93.0 cm³/mol. The van der Waals surface area contributed by atoms with Gasteiger partial charge in [0.15, 0.2) is 0 Å². The van der Waals surface area contributed by atoms with E-state index in [1.54, 1.807) is 0 Å². The monoisotopic (exact) mass is 379 g/mol. The molecule has 8 heteroatoms. The molecule has 0 amide bonds. The minimum Gasteiger partial charge on any atom is -0.326 e. The Hall–Kier alpha value is -2.48. The number of alkyl halides is 3. The van der Waals surface area contributed by atoms with Gasteiger partial charge in [0.05, 0.1) is 5.56 Å². The summed E-state index contributed by atoms with van der Waals surface area (Å²) in [6, 6.07) is 5.22. The molecule has 0 bridgehead atoms. The first-order valence-electron chi connectivity index (χ1n) is 8.77. The molecule has 1 aliphatic heterocycles. The van der Waals surface area contributed by atoms with Crippen molar-refractivity contribution >= 4 is 5.78 Å². The maximum absolute atomic E-state index is 13.1. The highest BCUT2D eigenvalue weighted by atomic mass is 19.4. The van der Waals surface area contributed by atoms with Crippen LogP contribution in [0.4, 0.5) is 13.2 Å². The zero-order valence-electron chi connectivity index (χ0n) is 14.6. The van der Waals surface area contributed by atoms with Gasteiger partial charge in [-0.15, -0.1) is 0 Å². The smallest absolute Gasteiger partial charge is 0.326 e. The molecule has 0 radical (unpaired) electrons. The number of nitrogens with zero attached hydrogens (tertiary/aromatic N) is 2. The molecule has 0 spiro atoms. The lowest BCUT2D eigenvalue weighted by Gasteiger charge is -2.30. The summed E-state index contributed by atoms with van der Waals surface area (Å²) in [6.07, 6.45) is -0.549. The summed E-state index contributed by atoms with van der Waals surface area (Å²) >= 11 is 0. The Morgan fingerprint density at radius 3 is 2.59 bits per heavy atom. The molecule has 1 saturated heterocycles. The quantitative estimate of drug-likeness (QED) is 0.868. The third kappa shape index (κ3) is 4.82. The molecule has 1 aromatic carbocycles. The lowest BCUT2D eigenvalue weighted by molar-refractivity contribution is -0.138. The lowest BCUT2D eigenvalue weighted by Crippen LogP contribution is -2.37. The number of benzene rings is 1. The van der Waals surface area contributed by atoms with E-state index in [0.717, 1.165) is 6.07 Å². The number of carbonyl (C=O) groups excluding carboxylic acids is 1. The third-order valence-electron chi connectivity index (χ3n) is 4.89.